The van der Waals surface area contributed by atoms with Gasteiger partial charge in [0.2, 0.25) is 0 Å². The van der Waals surface area contributed by atoms with Crippen molar-refractivity contribution in [2.75, 3.05) is 20.8 Å². The minimum absolute atomic E-state index is 0.0726. The lowest BCUT2D eigenvalue weighted by Crippen LogP contribution is -2.09. The van der Waals surface area contributed by atoms with Gasteiger partial charge in [-0.3, -0.25) is 0 Å². The van der Waals surface area contributed by atoms with Crippen molar-refractivity contribution in [3.63, 3.8) is 0 Å². The quantitative estimate of drug-likeness (QED) is 0.827. The highest BCUT2D eigenvalue weighted by Gasteiger charge is 2.14. The van der Waals surface area contributed by atoms with Crippen LogP contribution in [0.1, 0.15) is 43.4 Å². The van der Waals surface area contributed by atoms with Crippen molar-refractivity contribution >= 4 is 0 Å². The molecular weight excluding hydrogens is 214 g/mol. The number of hydrogen-bond donors (Lipinski definition) is 1. The first-order valence-corrected chi connectivity index (χ1v) is 6.04. The predicted octanol–water partition coefficient (Wildman–Crippen LogP) is 2.85. The molecule has 1 aromatic carbocycles. The van der Waals surface area contributed by atoms with E-state index in [1.165, 1.54) is 11.1 Å². The van der Waals surface area contributed by atoms with Crippen LogP contribution in [-0.2, 0) is 4.74 Å². The molecule has 0 saturated carbocycles. The summed E-state index contributed by atoms with van der Waals surface area (Å²) < 4.78 is 10.8. The average Bonchev–Trinajstić information content (AvgIpc) is 2.35. The van der Waals surface area contributed by atoms with Crippen LogP contribution in [-0.4, -0.2) is 20.8 Å². The molecular formula is C14H23NO2. The molecule has 0 aliphatic rings. The van der Waals surface area contributed by atoms with Gasteiger partial charge in [0.25, 0.3) is 0 Å². The van der Waals surface area contributed by atoms with Crippen molar-refractivity contribution in [3.8, 4) is 5.75 Å². The van der Waals surface area contributed by atoms with Gasteiger partial charge in [0.05, 0.1) is 13.2 Å². The normalized spacial score (nSPS) is 12.8. The zero-order chi connectivity index (χ0) is 12.8. The zero-order valence-electron chi connectivity index (χ0n) is 11.2. The fourth-order valence-electron chi connectivity index (χ4n) is 1.98. The first kappa shape index (κ1) is 14.0. The molecule has 0 bridgehead atoms. The monoisotopic (exact) mass is 237 g/mol. The van der Waals surface area contributed by atoms with E-state index < -0.39 is 0 Å². The average molecular weight is 237 g/mol. The maximum Gasteiger partial charge on any atom is 0.122 e. The van der Waals surface area contributed by atoms with Gasteiger partial charge < -0.3 is 15.2 Å². The van der Waals surface area contributed by atoms with Gasteiger partial charge in [0.15, 0.2) is 0 Å². The molecule has 96 valence electrons. The molecule has 2 N–H and O–H groups in total. The molecule has 0 aromatic heterocycles. The van der Waals surface area contributed by atoms with Crippen LogP contribution in [0.3, 0.4) is 0 Å². The second-order valence-electron chi connectivity index (χ2n) is 4.46. The van der Waals surface area contributed by atoms with E-state index in [0.717, 1.165) is 12.2 Å². The Morgan fingerprint density at radius 3 is 2.41 bits per heavy atom. The van der Waals surface area contributed by atoms with Crippen molar-refractivity contribution < 1.29 is 9.47 Å². The maximum absolute atomic E-state index is 5.59. The number of hydrogen-bond acceptors (Lipinski definition) is 3. The Hall–Kier alpha value is -1.06. The van der Waals surface area contributed by atoms with Crippen molar-refractivity contribution in [1.82, 2.24) is 0 Å². The van der Waals surface area contributed by atoms with Crippen molar-refractivity contribution in [2.45, 2.75) is 32.3 Å². The zero-order valence-corrected chi connectivity index (χ0v) is 11.2. The number of ether oxygens (including phenoxy) is 2. The summed E-state index contributed by atoms with van der Waals surface area (Å²) in [4.78, 5) is 0. The molecule has 1 aromatic rings. The summed E-state index contributed by atoms with van der Waals surface area (Å²) in [6, 6.07) is 6.22. The fraction of sp³-hybridized carbons (Fsp3) is 0.571. The second-order valence-corrected chi connectivity index (χ2v) is 4.46. The molecule has 0 aliphatic carbocycles. The van der Waals surface area contributed by atoms with Gasteiger partial charge in [-0.25, -0.2) is 0 Å². The van der Waals surface area contributed by atoms with E-state index in [-0.39, 0.29) is 6.10 Å². The third-order valence-corrected chi connectivity index (χ3v) is 2.96. The number of nitrogens with two attached hydrogens (primary N) is 1. The Kier molecular flexibility index (Phi) is 5.45. The molecule has 3 heteroatoms. The molecule has 1 rings (SSSR count). The van der Waals surface area contributed by atoms with Crippen LogP contribution in [0.5, 0.6) is 5.75 Å². The first-order chi connectivity index (χ1) is 8.13. The van der Waals surface area contributed by atoms with E-state index in [2.05, 4.69) is 26.0 Å². The van der Waals surface area contributed by atoms with E-state index in [1.807, 2.05) is 6.07 Å². The minimum atomic E-state index is 0.0726. The molecule has 1 atom stereocenters. The Morgan fingerprint density at radius 1 is 1.24 bits per heavy atom. The SMILES string of the molecule is COc1ccc(C(CCN)OC)cc1C(C)C. The van der Waals surface area contributed by atoms with Crippen molar-refractivity contribution in [1.29, 1.82) is 0 Å². The van der Waals surface area contributed by atoms with Crippen LogP contribution in [0, 0.1) is 0 Å². The number of benzene rings is 1. The van der Waals surface area contributed by atoms with Crippen LogP contribution in [0.4, 0.5) is 0 Å². The Balaban J connectivity index is 3.05. The lowest BCUT2D eigenvalue weighted by atomic mass is 9.96. The van der Waals surface area contributed by atoms with Gasteiger partial charge in [-0.15, -0.1) is 0 Å². The molecule has 0 aliphatic heterocycles. The van der Waals surface area contributed by atoms with E-state index in [0.29, 0.717) is 12.5 Å². The fourth-order valence-corrected chi connectivity index (χ4v) is 1.98. The highest BCUT2D eigenvalue weighted by molar-refractivity contribution is 5.40. The Morgan fingerprint density at radius 2 is 1.94 bits per heavy atom. The lowest BCUT2D eigenvalue weighted by Gasteiger charge is -2.18. The summed E-state index contributed by atoms with van der Waals surface area (Å²) in [5.41, 5.74) is 7.97. The molecule has 0 fully saturated rings. The van der Waals surface area contributed by atoms with Crippen LogP contribution >= 0.6 is 0 Å². The van der Waals surface area contributed by atoms with Crippen molar-refractivity contribution in [2.24, 2.45) is 5.73 Å². The van der Waals surface area contributed by atoms with E-state index >= 15 is 0 Å². The smallest absolute Gasteiger partial charge is 0.122 e. The van der Waals surface area contributed by atoms with Gasteiger partial charge in [0, 0.05) is 7.11 Å². The summed E-state index contributed by atoms with van der Waals surface area (Å²) in [5.74, 6) is 1.37. The van der Waals surface area contributed by atoms with Crippen LogP contribution < -0.4 is 10.5 Å². The van der Waals surface area contributed by atoms with Gasteiger partial charge in [0.1, 0.15) is 5.75 Å². The molecule has 3 nitrogen and oxygen atoms in total. The lowest BCUT2D eigenvalue weighted by molar-refractivity contribution is 0.0976. The van der Waals surface area contributed by atoms with Gasteiger partial charge in [-0.2, -0.15) is 0 Å². The highest BCUT2D eigenvalue weighted by Crippen LogP contribution is 2.31. The number of rotatable bonds is 6. The molecule has 1 unspecified atom stereocenters. The molecule has 0 radical (unpaired) electrons. The van der Waals surface area contributed by atoms with Crippen LogP contribution in [0.25, 0.3) is 0 Å². The first-order valence-electron chi connectivity index (χ1n) is 6.04. The van der Waals surface area contributed by atoms with Gasteiger partial charge >= 0.3 is 0 Å². The minimum Gasteiger partial charge on any atom is -0.496 e. The third kappa shape index (κ3) is 3.45. The molecule has 0 spiro atoms. The Labute approximate surface area is 104 Å². The standard InChI is InChI=1S/C14H23NO2/c1-10(2)12-9-11(5-6-14(12)17-4)13(16-3)7-8-15/h5-6,9-10,13H,7-8,15H2,1-4H3. The van der Waals surface area contributed by atoms with E-state index in [1.54, 1.807) is 14.2 Å². The summed E-state index contributed by atoms with van der Waals surface area (Å²) in [7, 11) is 3.42. The highest BCUT2D eigenvalue weighted by atomic mass is 16.5. The summed E-state index contributed by atoms with van der Waals surface area (Å²) in [6.07, 6.45) is 0.906. The third-order valence-electron chi connectivity index (χ3n) is 2.96. The van der Waals surface area contributed by atoms with Gasteiger partial charge in [-0.05, 0) is 42.1 Å². The number of methoxy groups -OCH3 is 2. The predicted molar refractivity (Wildman–Crippen MR) is 70.5 cm³/mol. The largest absolute Gasteiger partial charge is 0.496 e. The Bertz CT molecular complexity index is 350. The second kappa shape index (κ2) is 6.62. The molecule has 17 heavy (non-hydrogen) atoms. The van der Waals surface area contributed by atoms with Crippen molar-refractivity contribution in [3.05, 3.63) is 29.3 Å². The van der Waals surface area contributed by atoms with Gasteiger partial charge in [-0.1, -0.05) is 19.9 Å². The maximum atomic E-state index is 5.59. The topological polar surface area (TPSA) is 44.5 Å². The van der Waals surface area contributed by atoms with E-state index in [9.17, 15) is 0 Å². The summed E-state index contributed by atoms with van der Waals surface area (Å²) >= 11 is 0. The summed E-state index contributed by atoms with van der Waals surface area (Å²) in [5, 5.41) is 0. The van der Waals surface area contributed by atoms with E-state index in [4.69, 9.17) is 15.2 Å². The molecule has 0 saturated heterocycles. The summed E-state index contributed by atoms with van der Waals surface area (Å²) in [6.45, 7) is 4.94. The van der Waals surface area contributed by atoms with Crippen LogP contribution in [0.2, 0.25) is 0 Å². The van der Waals surface area contributed by atoms with Crippen LogP contribution in [0.15, 0.2) is 18.2 Å². The molecule has 0 heterocycles. The molecule has 0 amide bonds.